The van der Waals surface area contributed by atoms with E-state index in [1.165, 1.54) is 9.13 Å². The van der Waals surface area contributed by atoms with E-state index in [2.05, 4.69) is 41.7 Å². The molecule has 1 aromatic rings. The van der Waals surface area contributed by atoms with Crippen LogP contribution in [0, 0.1) is 21.8 Å². The fourth-order valence-corrected chi connectivity index (χ4v) is 1.24. The minimum atomic E-state index is 0.512. The highest BCUT2D eigenvalue weighted by molar-refractivity contribution is 14.1. The Kier molecular flexibility index (Phi) is 2.89. The van der Waals surface area contributed by atoms with Gasteiger partial charge >= 0.3 is 0 Å². The quantitative estimate of drug-likeness (QED) is 0.709. The molecule has 0 saturated heterocycles. The topological polar surface area (TPSA) is 23.8 Å². The summed E-state index contributed by atoms with van der Waals surface area (Å²) >= 11 is 2.29. The zero-order chi connectivity index (χ0) is 8.27. The van der Waals surface area contributed by atoms with Crippen molar-refractivity contribution in [1.82, 2.24) is 0 Å². The van der Waals surface area contributed by atoms with E-state index in [0.29, 0.717) is 6.42 Å². The lowest BCUT2D eigenvalue weighted by atomic mass is 10.1. The fourth-order valence-electron chi connectivity index (χ4n) is 0.908. The molecule has 0 unspecified atom stereocenters. The predicted octanol–water partition coefficient (Wildman–Crippen LogP) is 2.67. The van der Waals surface area contributed by atoms with Crippen molar-refractivity contribution in [2.45, 2.75) is 13.3 Å². The van der Waals surface area contributed by atoms with Crippen LogP contribution in [-0.2, 0) is 6.42 Å². The molecule has 0 aliphatic rings. The van der Waals surface area contributed by atoms with Crippen LogP contribution in [0.1, 0.15) is 11.1 Å². The highest BCUT2D eigenvalue weighted by atomic mass is 127. The Morgan fingerprint density at radius 1 is 1.55 bits per heavy atom. The first-order valence-corrected chi connectivity index (χ1v) is 4.44. The Morgan fingerprint density at radius 2 is 2.27 bits per heavy atom. The van der Waals surface area contributed by atoms with Gasteiger partial charge in [0.2, 0.25) is 0 Å². The summed E-state index contributed by atoms with van der Waals surface area (Å²) in [7, 11) is 0. The Labute approximate surface area is 80.2 Å². The number of hydrogen-bond acceptors (Lipinski definition) is 1. The van der Waals surface area contributed by atoms with Gasteiger partial charge in [0.1, 0.15) is 0 Å². The van der Waals surface area contributed by atoms with E-state index in [-0.39, 0.29) is 0 Å². The van der Waals surface area contributed by atoms with Crippen LogP contribution in [0.2, 0.25) is 0 Å². The largest absolute Gasteiger partial charge is 0.198 e. The Morgan fingerprint density at radius 3 is 2.82 bits per heavy atom. The van der Waals surface area contributed by atoms with E-state index < -0.39 is 0 Å². The minimum absolute atomic E-state index is 0.512. The van der Waals surface area contributed by atoms with E-state index in [4.69, 9.17) is 5.26 Å². The second kappa shape index (κ2) is 3.72. The Hall–Kier alpha value is -0.560. The van der Waals surface area contributed by atoms with Gasteiger partial charge in [0, 0.05) is 3.57 Å². The van der Waals surface area contributed by atoms with Gasteiger partial charge in [-0.25, -0.2) is 0 Å². The molecular formula is C9H8IN. The molecule has 0 bridgehead atoms. The minimum Gasteiger partial charge on any atom is -0.198 e. The summed E-state index contributed by atoms with van der Waals surface area (Å²) in [6.45, 7) is 2.06. The van der Waals surface area contributed by atoms with Gasteiger partial charge in [0.25, 0.3) is 0 Å². The number of nitrogens with zero attached hydrogens (tertiary/aromatic N) is 1. The van der Waals surface area contributed by atoms with E-state index in [0.717, 1.165) is 5.56 Å². The summed E-state index contributed by atoms with van der Waals surface area (Å²) < 4.78 is 1.25. The molecule has 11 heavy (non-hydrogen) atoms. The third-order valence-corrected chi connectivity index (χ3v) is 2.72. The van der Waals surface area contributed by atoms with Crippen molar-refractivity contribution in [3.05, 3.63) is 32.9 Å². The van der Waals surface area contributed by atoms with Crippen molar-refractivity contribution in [2.75, 3.05) is 0 Å². The van der Waals surface area contributed by atoms with E-state index >= 15 is 0 Å². The van der Waals surface area contributed by atoms with Crippen LogP contribution in [0.15, 0.2) is 18.2 Å². The number of rotatable bonds is 1. The lowest BCUT2D eigenvalue weighted by Gasteiger charge is -1.98. The van der Waals surface area contributed by atoms with Gasteiger partial charge in [-0.1, -0.05) is 12.1 Å². The summed E-state index contributed by atoms with van der Waals surface area (Å²) in [5.74, 6) is 0. The number of halogens is 1. The zero-order valence-corrected chi connectivity index (χ0v) is 8.42. The second-order valence-corrected chi connectivity index (χ2v) is 3.58. The number of benzene rings is 1. The number of aryl methyl sites for hydroxylation is 1. The Bertz CT molecular complexity index is 299. The molecule has 1 nitrogen and oxygen atoms in total. The summed E-state index contributed by atoms with van der Waals surface area (Å²) in [6.07, 6.45) is 0.512. The van der Waals surface area contributed by atoms with Crippen molar-refractivity contribution < 1.29 is 0 Å². The number of nitriles is 1. The van der Waals surface area contributed by atoms with Crippen LogP contribution < -0.4 is 0 Å². The van der Waals surface area contributed by atoms with Crippen molar-refractivity contribution in [2.24, 2.45) is 0 Å². The average Bonchev–Trinajstić information content (AvgIpc) is 1.98. The van der Waals surface area contributed by atoms with Gasteiger partial charge in [-0.3, -0.25) is 0 Å². The first-order chi connectivity index (χ1) is 5.24. The lowest BCUT2D eigenvalue weighted by Crippen LogP contribution is -1.85. The molecule has 0 aromatic heterocycles. The third-order valence-electron chi connectivity index (χ3n) is 1.51. The zero-order valence-electron chi connectivity index (χ0n) is 6.26. The molecule has 0 N–H and O–H groups in total. The standard InChI is InChI=1S/C9H8IN/c1-7-6-8(4-5-11)2-3-9(7)10/h2-3,6H,4H2,1H3. The Balaban J connectivity index is 2.98. The molecule has 56 valence electrons. The van der Waals surface area contributed by atoms with Crippen molar-refractivity contribution in [1.29, 1.82) is 5.26 Å². The number of hydrogen-bond donors (Lipinski definition) is 0. The maximum absolute atomic E-state index is 8.43. The SMILES string of the molecule is Cc1cc(CC#N)ccc1I. The van der Waals surface area contributed by atoms with Crippen LogP contribution in [0.25, 0.3) is 0 Å². The molecule has 0 aliphatic heterocycles. The first-order valence-electron chi connectivity index (χ1n) is 3.36. The van der Waals surface area contributed by atoms with Crippen molar-refractivity contribution in [3.8, 4) is 6.07 Å². The summed E-state index contributed by atoms with van der Waals surface area (Å²) in [6, 6.07) is 8.23. The maximum Gasteiger partial charge on any atom is 0.0669 e. The van der Waals surface area contributed by atoms with Crippen molar-refractivity contribution >= 4 is 22.6 Å². The first kappa shape index (κ1) is 8.54. The molecule has 2 heteroatoms. The fraction of sp³-hybridized carbons (Fsp3) is 0.222. The van der Waals surface area contributed by atoms with Gasteiger partial charge in [-0.15, -0.1) is 0 Å². The third kappa shape index (κ3) is 2.19. The van der Waals surface area contributed by atoms with Crippen LogP contribution in [0.3, 0.4) is 0 Å². The van der Waals surface area contributed by atoms with Crippen molar-refractivity contribution in [3.63, 3.8) is 0 Å². The van der Waals surface area contributed by atoms with Gasteiger partial charge in [-0.05, 0) is 46.7 Å². The molecule has 0 amide bonds. The monoisotopic (exact) mass is 257 g/mol. The van der Waals surface area contributed by atoms with E-state index in [1.807, 2.05) is 12.1 Å². The van der Waals surface area contributed by atoms with Crippen LogP contribution >= 0.6 is 22.6 Å². The summed E-state index contributed by atoms with van der Waals surface area (Å²) in [5, 5.41) is 8.43. The summed E-state index contributed by atoms with van der Waals surface area (Å²) in [5.41, 5.74) is 2.35. The van der Waals surface area contributed by atoms with Gasteiger partial charge in [0.05, 0.1) is 12.5 Å². The molecule has 0 atom stereocenters. The summed E-state index contributed by atoms with van der Waals surface area (Å²) in [4.78, 5) is 0. The molecule has 0 spiro atoms. The molecule has 0 aliphatic carbocycles. The predicted molar refractivity (Wildman–Crippen MR) is 53.2 cm³/mol. The molecule has 0 radical (unpaired) electrons. The molecule has 0 fully saturated rings. The molecule has 1 aromatic carbocycles. The molecular weight excluding hydrogens is 249 g/mol. The second-order valence-electron chi connectivity index (χ2n) is 2.42. The van der Waals surface area contributed by atoms with E-state index in [1.54, 1.807) is 0 Å². The van der Waals surface area contributed by atoms with Crippen LogP contribution in [0.5, 0.6) is 0 Å². The van der Waals surface area contributed by atoms with Crippen LogP contribution in [0.4, 0.5) is 0 Å². The van der Waals surface area contributed by atoms with Gasteiger partial charge in [0.15, 0.2) is 0 Å². The molecule has 0 saturated carbocycles. The smallest absolute Gasteiger partial charge is 0.0669 e. The average molecular weight is 257 g/mol. The highest BCUT2D eigenvalue weighted by Gasteiger charge is 1.95. The molecule has 1 rings (SSSR count). The normalized spacial score (nSPS) is 9.18. The van der Waals surface area contributed by atoms with Gasteiger partial charge in [-0.2, -0.15) is 5.26 Å². The highest BCUT2D eigenvalue weighted by Crippen LogP contribution is 2.13. The molecule has 0 heterocycles. The van der Waals surface area contributed by atoms with Crippen LogP contribution in [-0.4, -0.2) is 0 Å². The maximum atomic E-state index is 8.43. The van der Waals surface area contributed by atoms with E-state index in [9.17, 15) is 0 Å². The van der Waals surface area contributed by atoms with Gasteiger partial charge < -0.3 is 0 Å². The lowest BCUT2D eigenvalue weighted by molar-refractivity contribution is 1.24.